The minimum absolute atomic E-state index is 0.135. The van der Waals surface area contributed by atoms with Crippen LogP contribution in [0.5, 0.6) is 0 Å². The van der Waals surface area contributed by atoms with E-state index in [4.69, 9.17) is 0 Å². The van der Waals surface area contributed by atoms with E-state index < -0.39 is 10.0 Å². The molecule has 1 saturated heterocycles. The second-order valence-electron chi connectivity index (χ2n) is 6.86. The third kappa shape index (κ3) is 4.00. The van der Waals surface area contributed by atoms with E-state index in [0.29, 0.717) is 10.6 Å². The summed E-state index contributed by atoms with van der Waals surface area (Å²) in [6.45, 7) is 3.80. The predicted molar refractivity (Wildman–Crippen MR) is 117 cm³/mol. The van der Waals surface area contributed by atoms with Gasteiger partial charge in [0.2, 0.25) is 15.9 Å². The second kappa shape index (κ2) is 8.02. The molecular weight excluding hydrogens is 422 g/mol. The van der Waals surface area contributed by atoms with Crippen LogP contribution in [0, 0.1) is 0 Å². The molecule has 2 N–H and O–H groups in total. The van der Waals surface area contributed by atoms with Gasteiger partial charge < -0.3 is 10.6 Å². The molecule has 0 unspecified atom stereocenters. The molecular formula is C21H19N3O4S2. The van der Waals surface area contributed by atoms with E-state index >= 15 is 0 Å². The number of thiophene rings is 1. The molecule has 0 radical (unpaired) electrons. The Labute approximate surface area is 178 Å². The highest BCUT2D eigenvalue weighted by atomic mass is 32.2. The first-order chi connectivity index (χ1) is 14.4. The van der Waals surface area contributed by atoms with Gasteiger partial charge in [-0.1, -0.05) is 24.8 Å². The Hall–Kier alpha value is -3.01. The predicted octanol–water partition coefficient (Wildman–Crippen LogP) is 2.83. The van der Waals surface area contributed by atoms with Gasteiger partial charge in [0.1, 0.15) is 0 Å². The largest absolute Gasteiger partial charge is 0.347 e. The van der Waals surface area contributed by atoms with Crippen molar-refractivity contribution >= 4 is 48.9 Å². The highest BCUT2D eigenvalue weighted by molar-refractivity contribution is 7.89. The van der Waals surface area contributed by atoms with Gasteiger partial charge in [0.15, 0.2) is 0 Å². The van der Waals surface area contributed by atoms with Crippen LogP contribution in [-0.2, 0) is 14.8 Å². The molecule has 0 spiro atoms. The normalized spacial score (nSPS) is 14.8. The number of rotatable bonds is 6. The Kier molecular flexibility index (Phi) is 5.42. The number of amides is 2. The molecule has 0 saturated carbocycles. The molecule has 30 heavy (non-hydrogen) atoms. The van der Waals surface area contributed by atoms with Gasteiger partial charge in [0, 0.05) is 23.5 Å². The van der Waals surface area contributed by atoms with E-state index in [9.17, 15) is 18.0 Å². The smallest absolute Gasteiger partial charge is 0.265 e. The number of anilines is 1. The highest BCUT2D eigenvalue weighted by Crippen LogP contribution is 2.27. The lowest BCUT2D eigenvalue weighted by Gasteiger charge is -2.38. The maximum Gasteiger partial charge on any atom is 0.265 e. The fourth-order valence-corrected chi connectivity index (χ4v) is 5.62. The minimum Gasteiger partial charge on any atom is -0.347 e. The third-order valence-corrected chi connectivity index (χ3v) is 7.74. The molecule has 0 aliphatic carbocycles. The molecule has 4 rings (SSSR count). The summed E-state index contributed by atoms with van der Waals surface area (Å²) in [4.78, 5) is 24.5. The zero-order valence-corrected chi connectivity index (χ0v) is 17.5. The van der Waals surface area contributed by atoms with Crippen molar-refractivity contribution in [2.75, 3.05) is 18.4 Å². The second-order valence-corrected chi connectivity index (χ2v) is 9.88. The van der Waals surface area contributed by atoms with Crippen LogP contribution in [0.4, 0.5) is 5.69 Å². The average molecular weight is 442 g/mol. The van der Waals surface area contributed by atoms with Gasteiger partial charge in [0.05, 0.1) is 15.8 Å². The van der Waals surface area contributed by atoms with Crippen LogP contribution < -0.4 is 10.6 Å². The van der Waals surface area contributed by atoms with E-state index in [2.05, 4.69) is 17.2 Å². The van der Waals surface area contributed by atoms with Crippen molar-refractivity contribution in [3.05, 3.63) is 72.1 Å². The summed E-state index contributed by atoms with van der Waals surface area (Å²) in [5.74, 6) is -0.564. The summed E-state index contributed by atoms with van der Waals surface area (Å²) >= 11 is 1.40. The van der Waals surface area contributed by atoms with Gasteiger partial charge in [-0.05, 0) is 47.9 Å². The van der Waals surface area contributed by atoms with Gasteiger partial charge >= 0.3 is 0 Å². The molecule has 1 fully saturated rings. The number of carbonyl (C=O) groups is 2. The molecule has 1 aliphatic rings. The van der Waals surface area contributed by atoms with Crippen LogP contribution in [0.15, 0.2) is 72.1 Å². The van der Waals surface area contributed by atoms with E-state index in [0.717, 1.165) is 16.2 Å². The summed E-state index contributed by atoms with van der Waals surface area (Å²) in [5, 5.41) is 6.47. The monoisotopic (exact) mass is 441 g/mol. The number of fused-ring (bicyclic) bond motifs is 1. The molecule has 1 aromatic heterocycles. The van der Waals surface area contributed by atoms with Crippen LogP contribution in [0.3, 0.4) is 0 Å². The van der Waals surface area contributed by atoms with Gasteiger partial charge in [-0.25, -0.2) is 8.42 Å². The van der Waals surface area contributed by atoms with E-state index in [1.807, 2.05) is 30.3 Å². The quantitative estimate of drug-likeness (QED) is 0.575. The van der Waals surface area contributed by atoms with Crippen molar-refractivity contribution in [1.82, 2.24) is 9.62 Å². The standard InChI is InChI=1S/C21H19N3O4S2/c1-2-20(25)22-16-12-24(13-16)30(27,28)17-9-7-15(8-10-17)23-21(26)19-11-14-5-3-4-6-18(14)29-19/h2-11,16H,1,12-13H2,(H,22,25)(H,23,26). The minimum atomic E-state index is -3.65. The zero-order chi connectivity index (χ0) is 21.3. The lowest BCUT2D eigenvalue weighted by Crippen LogP contribution is -2.60. The number of hydrogen-bond donors (Lipinski definition) is 2. The summed E-state index contributed by atoms with van der Waals surface area (Å²) in [5.41, 5.74) is 0.510. The lowest BCUT2D eigenvalue weighted by molar-refractivity contribution is -0.117. The van der Waals surface area contributed by atoms with Crippen molar-refractivity contribution in [1.29, 1.82) is 0 Å². The van der Waals surface area contributed by atoms with E-state index in [-0.39, 0.29) is 35.8 Å². The molecule has 0 atom stereocenters. The molecule has 2 aromatic carbocycles. The average Bonchev–Trinajstić information content (AvgIpc) is 3.15. The maximum atomic E-state index is 12.7. The maximum absolute atomic E-state index is 12.7. The van der Waals surface area contributed by atoms with Crippen LogP contribution in [0.1, 0.15) is 9.67 Å². The van der Waals surface area contributed by atoms with E-state index in [1.165, 1.54) is 27.8 Å². The fourth-order valence-electron chi connectivity index (χ4n) is 3.13. The number of nitrogens with zero attached hydrogens (tertiary/aromatic N) is 1. The van der Waals surface area contributed by atoms with Crippen molar-refractivity contribution < 1.29 is 18.0 Å². The summed E-state index contributed by atoms with van der Waals surface area (Å²) in [6.07, 6.45) is 1.16. The van der Waals surface area contributed by atoms with Crippen molar-refractivity contribution in [3.8, 4) is 0 Å². The first kappa shape index (κ1) is 20.3. The summed E-state index contributed by atoms with van der Waals surface area (Å²) in [6, 6.07) is 15.4. The lowest BCUT2D eigenvalue weighted by atomic mass is 10.2. The topological polar surface area (TPSA) is 95.6 Å². The van der Waals surface area contributed by atoms with Crippen LogP contribution in [-0.4, -0.2) is 43.7 Å². The molecule has 0 bridgehead atoms. The first-order valence-corrected chi connectivity index (χ1v) is 11.5. The van der Waals surface area contributed by atoms with Crippen molar-refractivity contribution in [3.63, 3.8) is 0 Å². The SMILES string of the molecule is C=CC(=O)NC1CN(S(=O)(=O)c2ccc(NC(=O)c3cc4ccccc4s3)cc2)C1. The molecule has 9 heteroatoms. The molecule has 1 aliphatic heterocycles. The number of benzene rings is 2. The molecule has 2 amide bonds. The molecule has 2 heterocycles. The van der Waals surface area contributed by atoms with Gasteiger partial charge in [-0.15, -0.1) is 11.3 Å². The summed E-state index contributed by atoms with van der Waals surface area (Å²) < 4.78 is 27.7. The van der Waals surface area contributed by atoms with Crippen LogP contribution >= 0.6 is 11.3 Å². The molecule has 154 valence electrons. The third-order valence-electron chi connectivity index (χ3n) is 4.78. The number of carbonyl (C=O) groups excluding carboxylic acids is 2. The van der Waals surface area contributed by atoms with Crippen molar-refractivity contribution in [2.45, 2.75) is 10.9 Å². The first-order valence-electron chi connectivity index (χ1n) is 9.20. The van der Waals surface area contributed by atoms with Gasteiger partial charge in [-0.2, -0.15) is 4.31 Å². The zero-order valence-electron chi connectivity index (χ0n) is 15.9. The van der Waals surface area contributed by atoms with Gasteiger partial charge in [0.25, 0.3) is 5.91 Å². The van der Waals surface area contributed by atoms with Crippen LogP contribution in [0.25, 0.3) is 10.1 Å². The van der Waals surface area contributed by atoms with Gasteiger partial charge in [-0.3, -0.25) is 9.59 Å². The molecule has 7 nitrogen and oxygen atoms in total. The Balaban J connectivity index is 1.40. The Bertz CT molecular complexity index is 1190. The Morgan fingerprint density at radius 3 is 2.47 bits per heavy atom. The fraction of sp³-hybridized carbons (Fsp3) is 0.143. The summed E-state index contributed by atoms with van der Waals surface area (Å²) in [7, 11) is -3.65. The Morgan fingerprint density at radius 1 is 1.10 bits per heavy atom. The Morgan fingerprint density at radius 2 is 1.80 bits per heavy atom. The number of sulfonamides is 1. The molecule has 3 aromatic rings. The number of nitrogens with one attached hydrogen (secondary N) is 2. The number of hydrogen-bond acceptors (Lipinski definition) is 5. The van der Waals surface area contributed by atoms with E-state index in [1.54, 1.807) is 12.1 Å². The van der Waals surface area contributed by atoms with Crippen LogP contribution in [0.2, 0.25) is 0 Å². The van der Waals surface area contributed by atoms with Crippen molar-refractivity contribution in [2.24, 2.45) is 0 Å². The highest BCUT2D eigenvalue weighted by Gasteiger charge is 2.37.